The molecule has 10 nitrogen and oxygen atoms in total. The number of ether oxygens (including phenoxy) is 3. The summed E-state index contributed by atoms with van der Waals surface area (Å²) in [5.41, 5.74) is 1.48. The van der Waals surface area contributed by atoms with Gasteiger partial charge in [0, 0.05) is 16.7 Å². The van der Waals surface area contributed by atoms with E-state index in [0.717, 1.165) is 6.07 Å². The first-order valence-corrected chi connectivity index (χ1v) is 12.3. The molecule has 2 heterocycles. The van der Waals surface area contributed by atoms with Gasteiger partial charge >= 0.3 is 6.18 Å². The van der Waals surface area contributed by atoms with Crippen molar-refractivity contribution in [1.82, 2.24) is 10.3 Å². The minimum absolute atomic E-state index is 0.00614. The quantitative estimate of drug-likeness (QED) is 0.302. The first kappa shape index (κ1) is 29.6. The molecule has 0 saturated heterocycles. The Morgan fingerprint density at radius 2 is 1.93 bits per heavy atom. The third kappa shape index (κ3) is 5.76. The van der Waals surface area contributed by atoms with Crippen LogP contribution in [0.5, 0.6) is 17.2 Å². The number of aliphatic hydroxyl groups excluding tert-OH is 1. The minimum atomic E-state index is -5.27. The van der Waals surface area contributed by atoms with Crippen molar-refractivity contribution in [2.45, 2.75) is 24.2 Å². The van der Waals surface area contributed by atoms with Crippen LogP contribution in [0, 0.1) is 11.3 Å². The summed E-state index contributed by atoms with van der Waals surface area (Å²) in [4.78, 5) is 17.0. The normalized spacial score (nSPS) is 17.5. The number of alkyl halides is 3. The van der Waals surface area contributed by atoms with Gasteiger partial charge in [0.1, 0.15) is 18.9 Å². The predicted molar refractivity (Wildman–Crippen MR) is 139 cm³/mol. The summed E-state index contributed by atoms with van der Waals surface area (Å²) in [6.07, 6.45) is -5.27. The molecule has 1 aliphatic rings. The molecule has 1 amide bonds. The molecule has 216 valence electrons. The molecule has 1 aromatic heterocycles. The Labute approximate surface area is 233 Å². The van der Waals surface area contributed by atoms with Gasteiger partial charge in [0.25, 0.3) is 5.91 Å². The van der Waals surface area contributed by atoms with Gasteiger partial charge in [0.15, 0.2) is 17.2 Å². The van der Waals surface area contributed by atoms with Crippen molar-refractivity contribution in [3.63, 3.8) is 0 Å². The predicted octanol–water partition coefficient (Wildman–Crippen LogP) is 2.75. The molecule has 0 fully saturated rings. The van der Waals surface area contributed by atoms with E-state index in [4.69, 9.17) is 30.3 Å². The summed E-state index contributed by atoms with van der Waals surface area (Å²) in [5, 5.41) is 31.3. The van der Waals surface area contributed by atoms with Gasteiger partial charge in [-0.15, -0.1) is 0 Å². The van der Waals surface area contributed by atoms with Gasteiger partial charge in [-0.1, -0.05) is 12.1 Å². The lowest BCUT2D eigenvalue weighted by atomic mass is 9.89. The van der Waals surface area contributed by atoms with Gasteiger partial charge in [-0.2, -0.15) is 18.4 Å². The molecule has 2 atom stereocenters. The minimum Gasteiger partial charge on any atom is -0.493 e. The zero-order valence-corrected chi connectivity index (χ0v) is 22.1. The first-order chi connectivity index (χ1) is 19.3. The van der Waals surface area contributed by atoms with Crippen LogP contribution in [-0.2, 0) is 11.1 Å². The van der Waals surface area contributed by atoms with Crippen molar-refractivity contribution in [3.8, 4) is 34.6 Å². The van der Waals surface area contributed by atoms with Crippen LogP contribution in [-0.4, -0.2) is 60.8 Å². The van der Waals surface area contributed by atoms with Gasteiger partial charge in [-0.3, -0.25) is 4.79 Å². The number of hydrogen-bond donors (Lipinski definition) is 4. The highest BCUT2D eigenvalue weighted by Gasteiger charge is 2.57. The SMILES string of the molecule is COc1cc(C(=O)NCC(O)(c2cc3c(c(-c4ccc(C#N)cc4)n2)OC[C@@]3(C)N)C(F)(F)F)ccc1OCCO. The largest absolute Gasteiger partial charge is 0.493 e. The molecule has 3 aromatic rings. The van der Waals surface area contributed by atoms with Crippen LogP contribution in [0.2, 0.25) is 0 Å². The van der Waals surface area contributed by atoms with Crippen LogP contribution in [0.1, 0.15) is 34.1 Å². The molecule has 1 aliphatic heterocycles. The molecule has 0 bridgehead atoms. The number of carbonyl (C=O) groups is 1. The number of aliphatic hydroxyl groups is 2. The number of nitrogens with one attached hydrogen (secondary N) is 1. The number of nitrogens with two attached hydrogens (primary N) is 1. The Hall–Kier alpha value is -4.38. The van der Waals surface area contributed by atoms with E-state index in [1.165, 1.54) is 49.6 Å². The van der Waals surface area contributed by atoms with Gasteiger partial charge in [0.05, 0.1) is 43.1 Å². The number of nitriles is 1. The molecule has 5 N–H and O–H groups in total. The lowest BCUT2D eigenvalue weighted by Crippen LogP contribution is -2.51. The highest BCUT2D eigenvalue weighted by atomic mass is 19.4. The van der Waals surface area contributed by atoms with E-state index in [9.17, 15) is 23.1 Å². The summed E-state index contributed by atoms with van der Waals surface area (Å²) in [6.45, 7) is -0.0497. The summed E-state index contributed by atoms with van der Waals surface area (Å²) in [6, 6.07) is 12.8. The Balaban J connectivity index is 1.72. The second-order valence-corrected chi connectivity index (χ2v) is 9.61. The van der Waals surface area contributed by atoms with Crippen LogP contribution < -0.4 is 25.3 Å². The molecule has 1 unspecified atom stereocenters. The third-order valence-electron chi connectivity index (χ3n) is 6.56. The number of rotatable bonds is 9. The van der Waals surface area contributed by atoms with Crippen molar-refractivity contribution in [1.29, 1.82) is 5.26 Å². The highest BCUT2D eigenvalue weighted by Crippen LogP contribution is 2.46. The number of methoxy groups -OCH3 is 1. The molecule has 0 saturated carbocycles. The second kappa shape index (κ2) is 11.2. The smallest absolute Gasteiger partial charge is 0.424 e. The van der Waals surface area contributed by atoms with Crippen molar-refractivity contribution in [2.75, 3.05) is 33.5 Å². The number of amides is 1. The third-order valence-corrected chi connectivity index (χ3v) is 6.56. The van der Waals surface area contributed by atoms with E-state index in [0.29, 0.717) is 11.1 Å². The number of nitrogens with zero attached hydrogens (tertiary/aromatic N) is 2. The molecule has 2 aromatic carbocycles. The maximum absolute atomic E-state index is 14.5. The van der Waals surface area contributed by atoms with Crippen molar-refractivity contribution in [2.24, 2.45) is 5.73 Å². The second-order valence-electron chi connectivity index (χ2n) is 9.61. The maximum atomic E-state index is 14.5. The van der Waals surface area contributed by atoms with Crippen LogP contribution in [0.25, 0.3) is 11.3 Å². The molecule has 13 heteroatoms. The highest BCUT2D eigenvalue weighted by molar-refractivity contribution is 5.95. The number of aromatic nitrogens is 1. The molecule has 0 radical (unpaired) electrons. The molecule has 41 heavy (non-hydrogen) atoms. The van der Waals surface area contributed by atoms with Crippen LogP contribution in [0.4, 0.5) is 13.2 Å². The van der Waals surface area contributed by atoms with Crippen molar-refractivity contribution in [3.05, 3.63) is 70.9 Å². The van der Waals surface area contributed by atoms with E-state index in [2.05, 4.69) is 10.3 Å². The average Bonchev–Trinajstić information content (AvgIpc) is 3.27. The van der Waals surface area contributed by atoms with Gasteiger partial charge in [-0.25, -0.2) is 4.98 Å². The van der Waals surface area contributed by atoms with E-state index >= 15 is 0 Å². The number of carbonyl (C=O) groups excluding carboxylic acids is 1. The topological polar surface area (TPSA) is 160 Å². The first-order valence-electron chi connectivity index (χ1n) is 12.3. The monoisotopic (exact) mass is 572 g/mol. The molecule has 0 aliphatic carbocycles. The Morgan fingerprint density at radius 3 is 2.54 bits per heavy atom. The number of hydrogen-bond acceptors (Lipinski definition) is 9. The zero-order chi connectivity index (χ0) is 30.0. The van der Waals surface area contributed by atoms with Crippen LogP contribution in [0.3, 0.4) is 0 Å². The zero-order valence-electron chi connectivity index (χ0n) is 22.1. The summed E-state index contributed by atoms with van der Waals surface area (Å²) < 4.78 is 59.7. The summed E-state index contributed by atoms with van der Waals surface area (Å²) in [7, 11) is 1.31. The molecule has 4 rings (SSSR count). The fourth-order valence-corrected chi connectivity index (χ4v) is 4.24. The fraction of sp³-hybridized carbons (Fsp3) is 0.321. The average molecular weight is 573 g/mol. The van der Waals surface area contributed by atoms with Gasteiger partial charge in [0.2, 0.25) is 5.60 Å². The molecular weight excluding hydrogens is 545 g/mol. The number of fused-ring (bicyclic) bond motifs is 1. The number of benzene rings is 2. The lowest BCUT2D eigenvalue weighted by Gasteiger charge is -2.31. The van der Waals surface area contributed by atoms with Gasteiger partial charge < -0.3 is 35.5 Å². The molecular formula is C28H27F3N4O6. The van der Waals surface area contributed by atoms with Gasteiger partial charge in [-0.05, 0) is 43.3 Å². The Bertz CT molecular complexity index is 1490. The van der Waals surface area contributed by atoms with E-state index in [-0.39, 0.29) is 53.9 Å². The molecule has 0 spiro atoms. The van der Waals surface area contributed by atoms with E-state index in [1.54, 1.807) is 6.92 Å². The van der Waals surface area contributed by atoms with Crippen molar-refractivity contribution >= 4 is 5.91 Å². The summed E-state index contributed by atoms with van der Waals surface area (Å²) >= 11 is 0. The van der Waals surface area contributed by atoms with E-state index < -0.39 is 35.5 Å². The Kier molecular flexibility index (Phi) is 8.12. The maximum Gasteiger partial charge on any atom is 0.424 e. The fourth-order valence-electron chi connectivity index (χ4n) is 4.24. The number of pyridine rings is 1. The number of halogens is 3. The van der Waals surface area contributed by atoms with E-state index in [1.807, 2.05) is 6.07 Å². The standard InChI is InChI=1S/C28H27F3N4O6/c1-26(33)15-41-24-19(26)12-22(35-23(24)17-5-3-16(13-32)4-6-17)27(38,28(29,30)31)14-34-25(37)18-7-8-20(40-10-9-36)21(11-18)39-2/h3-8,11-12,36,38H,9-10,14-15,33H2,1-2H3,(H,34,37)/t26-,27?/m1/s1. The van der Waals surface area contributed by atoms with Crippen molar-refractivity contribution < 1.29 is 42.4 Å². The van der Waals surface area contributed by atoms with Crippen LogP contribution in [0.15, 0.2) is 48.5 Å². The summed E-state index contributed by atoms with van der Waals surface area (Å²) in [5.74, 6) is -0.436. The lowest BCUT2D eigenvalue weighted by molar-refractivity contribution is -0.265. The Morgan fingerprint density at radius 1 is 1.22 bits per heavy atom. The van der Waals surface area contributed by atoms with Crippen LogP contribution >= 0.6 is 0 Å².